The molecule has 9 nitrogen and oxygen atoms in total. The number of nitrogens with zero attached hydrogens (tertiary/aromatic N) is 1. The largest absolute Gasteiger partial charge is 0.381 e. The van der Waals surface area contributed by atoms with E-state index in [4.69, 9.17) is 9.47 Å². The molecule has 3 aliphatic heterocycles. The Morgan fingerprint density at radius 2 is 1.82 bits per heavy atom. The predicted octanol–water partition coefficient (Wildman–Crippen LogP) is 4.85. The van der Waals surface area contributed by atoms with Gasteiger partial charge in [-0.2, -0.15) is 0 Å². The number of H-pyrrole nitrogens is 1. The van der Waals surface area contributed by atoms with Crippen LogP contribution in [0.3, 0.4) is 0 Å². The number of alkyl halides is 1. The first-order valence-electron chi connectivity index (χ1n) is 15.8. The molecule has 2 unspecified atom stereocenters. The van der Waals surface area contributed by atoms with Crippen molar-refractivity contribution in [2.45, 2.75) is 71.1 Å². The van der Waals surface area contributed by atoms with Crippen LogP contribution in [0.4, 0.5) is 15.8 Å². The number of benzene rings is 2. The fourth-order valence-corrected chi connectivity index (χ4v) is 7.22. The second-order valence-electron chi connectivity index (χ2n) is 12.4. The van der Waals surface area contributed by atoms with E-state index >= 15 is 4.39 Å². The molecule has 1 aromatic heterocycles. The normalized spacial score (nSPS) is 20.5. The van der Waals surface area contributed by atoms with Gasteiger partial charge in [-0.05, 0) is 99.0 Å². The van der Waals surface area contributed by atoms with Crippen LogP contribution in [-0.4, -0.2) is 62.0 Å². The predicted molar refractivity (Wildman–Crippen MR) is 172 cm³/mol. The van der Waals surface area contributed by atoms with Gasteiger partial charge in [-0.25, -0.2) is 4.39 Å². The molecule has 0 bridgehead atoms. The molecule has 0 radical (unpaired) electrons. The van der Waals surface area contributed by atoms with Crippen LogP contribution >= 0.6 is 0 Å². The van der Waals surface area contributed by atoms with E-state index in [0.717, 1.165) is 44.9 Å². The molecule has 3 N–H and O–H groups in total. The Morgan fingerprint density at radius 3 is 2.53 bits per heavy atom. The van der Waals surface area contributed by atoms with Gasteiger partial charge in [-0.15, -0.1) is 0 Å². The van der Waals surface area contributed by atoms with Crippen LogP contribution in [0.25, 0.3) is 11.1 Å². The zero-order valence-electron chi connectivity index (χ0n) is 26.3. The number of amides is 2. The van der Waals surface area contributed by atoms with E-state index in [1.807, 2.05) is 69.0 Å². The van der Waals surface area contributed by atoms with Crippen molar-refractivity contribution < 1.29 is 23.5 Å². The lowest BCUT2D eigenvalue weighted by Crippen LogP contribution is -2.47. The van der Waals surface area contributed by atoms with E-state index in [1.54, 1.807) is 0 Å². The molecule has 2 fully saturated rings. The number of aryl methyl sites for hydroxylation is 2. The van der Waals surface area contributed by atoms with Gasteiger partial charge in [0.2, 0.25) is 5.91 Å². The summed E-state index contributed by atoms with van der Waals surface area (Å²) in [5.41, 5.74) is 6.52. The van der Waals surface area contributed by atoms with Crippen molar-refractivity contribution in [2.75, 3.05) is 43.2 Å². The summed E-state index contributed by atoms with van der Waals surface area (Å²) in [5, 5.41) is 6.05. The summed E-state index contributed by atoms with van der Waals surface area (Å²) < 4.78 is 26.2. The summed E-state index contributed by atoms with van der Waals surface area (Å²) in [7, 11) is 0. The molecule has 0 saturated carbocycles. The zero-order chi connectivity index (χ0) is 31.9. The highest BCUT2D eigenvalue weighted by atomic mass is 19.1. The molecule has 6 rings (SSSR count). The number of ether oxygens (including phenoxy) is 2. The molecule has 4 heterocycles. The minimum Gasteiger partial charge on any atom is -0.381 e. The maximum Gasteiger partial charge on any atom is 0.253 e. The van der Waals surface area contributed by atoms with Gasteiger partial charge in [-0.3, -0.25) is 14.4 Å². The lowest BCUT2D eigenvalue weighted by atomic mass is 9.75. The maximum absolute atomic E-state index is 15.2. The summed E-state index contributed by atoms with van der Waals surface area (Å²) in [4.78, 5) is 44.5. The van der Waals surface area contributed by atoms with Crippen molar-refractivity contribution in [3.05, 3.63) is 80.3 Å². The molecule has 10 heteroatoms. The van der Waals surface area contributed by atoms with Gasteiger partial charge >= 0.3 is 0 Å². The monoisotopic (exact) mass is 616 g/mol. The van der Waals surface area contributed by atoms with Gasteiger partial charge in [0.25, 0.3) is 11.5 Å². The van der Waals surface area contributed by atoms with E-state index in [1.165, 1.54) is 0 Å². The number of hydrogen-bond donors (Lipinski definition) is 3. The summed E-state index contributed by atoms with van der Waals surface area (Å²) in [6.07, 6.45) is 0.635. The SMILES string of the molecule is CCN(c1cc(-c2ccc3c(c2)NC(=O)C32CCOCC2)cc(C(=O)NCc2c(C)cc(C)[nH]c2=O)c1C)C1CCOCC1F. The van der Waals surface area contributed by atoms with E-state index < -0.39 is 17.6 Å². The fourth-order valence-electron chi connectivity index (χ4n) is 7.22. The molecule has 45 heavy (non-hydrogen) atoms. The second kappa shape index (κ2) is 12.4. The number of rotatable bonds is 7. The lowest BCUT2D eigenvalue weighted by molar-refractivity contribution is -0.124. The molecule has 2 saturated heterocycles. The highest BCUT2D eigenvalue weighted by Crippen LogP contribution is 2.46. The second-order valence-corrected chi connectivity index (χ2v) is 12.4. The van der Waals surface area contributed by atoms with Crippen LogP contribution in [0, 0.1) is 20.8 Å². The summed E-state index contributed by atoms with van der Waals surface area (Å²) in [6, 6.07) is 11.3. The Bertz CT molecular complexity index is 1700. The summed E-state index contributed by atoms with van der Waals surface area (Å²) in [6.45, 7) is 9.73. The number of halogens is 1. The molecule has 0 aliphatic carbocycles. The van der Waals surface area contributed by atoms with Crippen molar-refractivity contribution >= 4 is 23.2 Å². The van der Waals surface area contributed by atoms with Crippen LogP contribution < -0.4 is 21.1 Å². The first kappa shape index (κ1) is 31.0. The van der Waals surface area contributed by atoms with Crippen LogP contribution in [0.1, 0.15) is 64.5 Å². The highest BCUT2D eigenvalue weighted by molar-refractivity contribution is 6.07. The molecule has 238 valence electrons. The Balaban J connectivity index is 1.41. The Hall–Kier alpha value is -4.02. The molecule has 2 atom stereocenters. The van der Waals surface area contributed by atoms with Crippen molar-refractivity contribution in [3.8, 4) is 11.1 Å². The van der Waals surface area contributed by atoms with Crippen molar-refractivity contribution in [2.24, 2.45) is 0 Å². The van der Waals surface area contributed by atoms with E-state index in [2.05, 4.69) is 15.6 Å². The molecular weight excluding hydrogens is 575 g/mol. The van der Waals surface area contributed by atoms with Gasteiger partial charge in [0.05, 0.1) is 18.1 Å². The third-order valence-corrected chi connectivity index (χ3v) is 9.75. The lowest BCUT2D eigenvalue weighted by Gasteiger charge is -2.38. The average Bonchev–Trinajstić information content (AvgIpc) is 3.28. The van der Waals surface area contributed by atoms with E-state index in [9.17, 15) is 14.4 Å². The molecule has 3 aliphatic rings. The molecule has 2 amide bonds. The fraction of sp³-hybridized carbons (Fsp3) is 0.457. The van der Waals surface area contributed by atoms with Crippen LogP contribution in [0.15, 0.2) is 41.2 Å². The molecular formula is C35H41FN4O5. The summed E-state index contributed by atoms with van der Waals surface area (Å²) >= 11 is 0. The van der Waals surface area contributed by atoms with Crippen LogP contribution in [0.5, 0.6) is 0 Å². The maximum atomic E-state index is 15.2. The molecule has 3 aromatic rings. The van der Waals surface area contributed by atoms with Crippen LogP contribution in [-0.2, 0) is 26.2 Å². The number of pyridine rings is 1. The summed E-state index contributed by atoms with van der Waals surface area (Å²) in [5.74, 6) is -0.333. The number of carbonyl (C=O) groups is 2. The van der Waals surface area contributed by atoms with Crippen molar-refractivity contribution in [1.29, 1.82) is 0 Å². The van der Waals surface area contributed by atoms with E-state index in [0.29, 0.717) is 56.8 Å². The molecule has 1 spiro atoms. The number of hydrogen-bond acceptors (Lipinski definition) is 6. The number of anilines is 2. The quantitative estimate of drug-likeness (QED) is 0.350. The number of nitrogens with one attached hydrogen (secondary N) is 3. The van der Waals surface area contributed by atoms with Gasteiger partial charge in [0.1, 0.15) is 6.17 Å². The highest BCUT2D eigenvalue weighted by Gasteiger charge is 2.47. The van der Waals surface area contributed by atoms with Crippen molar-refractivity contribution in [1.82, 2.24) is 10.3 Å². The van der Waals surface area contributed by atoms with Gasteiger partial charge in [0.15, 0.2) is 0 Å². The van der Waals surface area contributed by atoms with Gasteiger partial charge in [-0.1, -0.05) is 12.1 Å². The Labute approximate surface area is 262 Å². The number of aromatic amines is 1. The van der Waals surface area contributed by atoms with Gasteiger partial charge < -0.3 is 30.0 Å². The standard InChI is InChI=1S/C35H41FN4O5/c1-5-40(30-8-11-45-19-28(30)36)31-17-24(23-6-7-27-29(16-23)39-34(43)35(27)9-12-44-13-10-35)15-25(22(31)4)32(41)37-18-26-20(2)14-21(3)38-33(26)42/h6-7,14-17,28,30H,5,8-13,18-19H2,1-4H3,(H,37,41)(H,38,42)(H,39,43). The molecule has 2 aromatic carbocycles. The minimum atomic E-state index is -1.17. The smallest absolute Gasteiger partial charge is 0.253 e. The minimum absolute atomic E-state index is 0.00494. The zero-order valence-corrected chi connectivity index (χ0v) is 26.3. The third kappa shape index (κ3) is 5.66. The number of carbonyl (C=O) groups excluding carboxylic acids is 2. The third-order valence-electron chi connectivity index (χ3n) is 9.75. The number of aromatic nitrogens is 1. The van der Waals surface area contributed by atoms with Gasteiger partial charge in [0, 0.05) is 61.1 Å². The Kier molecular flexibility index (Phi) is 8.54. The topological polar surface area (TPSA) is 113 Å². The van der Waals surface area contributed by atoms with Crippen molar-refractivity contribution in [3.63, 3.8) is 0 Å². The first-order valence-corrected chi connectivity index (χ1v) is 15.8. The first-order chi connectivity index (χ1) is 21.6. The van der Waals surface area contributed by atoms with Crippen LogP contribution in [0.2, 0.25) is 0 Å². The average molecular weight is 617 g/mol. The van der Waals surface area contributed by atoms with E-state index in [-0.39, 0.29) is 30.5 Å². The Morgan fingerprint density at radius 1 is 1.04 bits per heavy atom. The number of fused-ring (bicyclic) bond motifs is 2.